The summed E-state index contributed by atoms with van der Waals surface area (Å²) in [4.78, 5) is 11.8. The second-order valence-corrected chi connectivity index (χ2v) is 8.65. The van der Waals surface area contributed by atoms with Gasteiger partial charge in [-0.05, 0) is 46.0 Å². The van der Waals surface area contributed by atoms with Crippen molar-refractivity contribution in [2.75, 3.05) is 7.11 Å². The molecule has 7 aromatic rings. The lowest BCUT2D eigenvalue weighted by molar-refractivity contribution is -0.636. The number of carbonyl (C=O) groups excluding carboxylic acids is 1. The van der Waals surface area contributed by atoms with Crippen LogP contribution in [0.15, 0.2) is 91.0 Å². The second-order valence-electron chi connectivity index (χ2n) is 8.65. The number of para-hydroxylation sites is 2. The zero-order valence-corrected chi connectivity index (χ0v) is 18.5. The molecule has 0 atom stereocenters. The van der Waals surface area contributed by atoms with Gasteiger partial charge in [0.1, 0.15) is 12.1 Å². The largest absolute Gasteiger partial charge is 0.465 e. The Morgan fingerprint density at radius 3 is 2.44 bits per heavy atom. The number of fused-ring (bicyclic) bond motifs is 6. The van der Waals surface area contributed by atoms with Crippen molar-refractivity contribution in [1.29, 1.82) is 0 Å². The van der Waals surface area contributed by atoms with Gasteiger partial charge in [0.25, 0.3) is 0 Å². The summed E-state index contributed by atoms with van der Waals surface area (Å²) in [6, 6.07) is 31.1. The predicted octanol–water partition coefficient (Wildman–Crippen LogP) is 5.51. The molecular weight excluding hydrogens is 422 g/mol. The van der Waals surface area contributed by atoms with Crippen LogP contribution in [0.4, 0.5) is 0 Å². The molecule has 0 bridgehead atoms. The lowest BCUT2D eigenvalue weighted by atomic mass is 10.1. The molecule has 5 nitrogen and oxygen atoms in total. The highest BCUT2D eigenvalue weighted by Gasteiger charge is 2.24. The molecule has 162 valence electrons. The highest BCUT2D eigenvalue weighted by Crippen LogP contribution is 2.37. The lowest BCUT2D eigenvalue weighted by Gasteiger charge is -2.03. The summed E-state index contributed by atoms with van der Waals surface area (Å²) < 4.78 is 9.18. The number of ether oxygens (including phenoxy) is 1. The molecule has 0 aliphatic rings. The molecule has 5 heteroatoms. The Balaban J connectivity index is 1.50. The van der Waals surface area contributed by atoms with Crippen LogP contribution in [0.3, 0.4) is 0 Å². The highest BCUT2D eigenvalue weighted by atomic mass is 16.5. The van der Waals surface area contributed by atoms with Crippen LogP contribution >= 0.6 is 0 Å². The minimum atomic E-state index is -0.326. The molecule has 0 spiro atoms. The van der Waals surface area contributed by atoms with E-state index in [1.54, 1.807) is 0 Å². The predicted molar refractivity (Wildman–Crippen MR) is 133 cm³/mol. The Labute approximate surface area is 194 Å². The van der Waals surface area contributed by atoms with Crippen molar-refractivity contribution in [3.63, 3.8) is 0 Å². The number of esters is 1. The van der Waals surface area contributed by atoms with Crippen molar-refractivity contribution >= 4 is 55.1 Å². The zero-order chi connectivity index (χ0) is 22.8. The van der Waals surface area contributed by atoms with E-state index in [0.29, 0.717) is 12.1 Å². The number of hydrogen-bond acceptors (Lipinski definition) is 3. The van der Waals surface area contributed by atoms with Crippen LogP contribution in [0.5, 0.6) is 0 Å². The van der Waals surface area contributed by atoms with E-state index in [0.717, 1.165) is 33.1 Å². The standard InChI is InChI=1S/C29H20N3O2/c1-34-29(33)20-14-12-18(13-15-20)17-31-24-10-2-3-11-25(24)32-26(31)16-23-21-8-4-6-19-7-5-9-22(27(19)21)28(23)30-32/h2-16H,17H2,1H3/q+1. The van der Waals surface area contributed by atoms with Crippen LogP contribution in [0.25, 0.3) is 49.1 Å². The van der Waals surface area contributed by atoms with Gasteiger partial charge in [0.15, 0.2) is 5.52 Å². The number of rotatable bonds is 3. The van der Waals surface area contributed by atoms with Crippen molar-refractivity contribution in [3.8, 4) is 0 Å². The Kier molecular flexibility index (Phi) is 3.91. The summed E-state index contributed by atoms with van der Waals surface area (Å²) in [5.74, 6) is -0.326. The normalized spacial score (nSPS) is 11.9. The smallest absolute Gasteiger partial charge is 0.337 e. The molecule has 2 heterocycles. The average molecular weight is 442 g/mol. The number of aromatic nitrogens is 3. The van der Waals surface area contributed by atoms with Crippen molar-refractivity contribution in [3.05, 3.63) is 102 Å². The van der Waals surface area contributed by atoms with Gasteiger partial charge in [-0.2, -0.15) is 0 Å². The van der Waals surface area contributed by atoms with E-state index < -0.39 is 0 Å². The van der Waals surface area contributed by atoms with E-state index >= 15 is 0 Å². The molecule has 0 saturated heterocycles. The van der Waals surface area contributed by atoms with E-state index in [9.17, 15) is 4.79 Å². The topological polar surface area (TPSA) is 47.5 Å². The van der Waals surface area contributed by atoms with Crippen LogP contribution in [-0.4, -0.2) is 22.7 Å². The number of benzene rings is 4. The van der Waals surface area contributed by atoms with E-state index in [2.05, 4.69) is 75.8 Å². The van der Waals surface area contributed by atoms with Gasteiger partial charge in [-0.1, -0.05) is 70.3 Å². The van der Waals surface area contributed by atoms with Gasteiger partial charge >= 0.3 is 11.6 Å². The van der Waals surface area contributed by atoms with Crippen LogP contribution in [0.2, 0.25) is 0 Å². The van der Waals surface area contributed by atoms with Crippen LogP contribution in [-0.2, 0) is 11.3 Å². The van der Waals surface area contributed by atoms with Gasteiger partial charge < -0.3 is 4.74 Å². The first-order valence-electron chi connectivity index (χ1n) is 11.3. The summed E-state index contributed by atoms with van der Waals surface area (Å²) in [6.07, 6.45) is 0. The lowest BCUT2D eigenvalue weighted by Crippen LogP contribution is -2.34. The summed E-state index contributed by atoms with van der Waals surface area (Å²) in [7, 11) is 1.40. The quantitative estimate of drug-likeness (QED) is 0.268. The Morgan fingerprint density at radius 2 is 1.65 bits per heavy atom. The first-order chi connectivity index (χ1) is 16.7. The molecule has 0 fully saturated rings. The number of hydrogen-bond donors (Lipinski definition) is 0. The number of methoxy groups -OCH3 is 1. The monoisotopic (exact) mass is 442 g/mol. The highest BCUT2D eigenvalue weighted by molar-refractivity contribution is 6.29. The van der Waals surface area contributed by atoms with E-state index in [4.69, 9.17) is 9.84 Å². The molecule has 0 saturated carbocycles. The Morgan fingerprint density at radius 1 is 0.882 bits per heavy atom. The second kappa shape index (κ2) is 6.99. The van der Waals surface area contributed by atoms with Crippen molar-refractivity contribution in [1.82, 2.24) is 9.61 Å². The van der Waals surface area contributed by atoms with E-state index in [1.165, 1.54) is 28.7 Å². The van der Waals surface area contributed by atoms with Crippen molar-refractivity contribution in [2.24, 2.45) is 0 Å². The Hall–Kier alpha value is -4.51. The first-order valence-corrected chi connectivity index (χ1v) is 11.3. The van der Waals surface area contributed by atoms with Gasteiger partial charge in [0, 0.05) is 16.8 Å². The minimum Gasteiger partial charge on any atom is -0.465 e. The Bertz CT molecular complexity index is 1880. The van der Waals surface area contributed by atoms with Gasteiger partial charge in [-0.3, -0.25) is 0 Å². The summed E-state index contributed by atoms with van der Waals surface area (Å²) in [6.45, 7) is 0.663. The molecular formula is C29H20N3O2+. The van der Waals surface area contributed by atoms with E-state index in [-0.39, 0.29) is 5.97 Å². The average Bonchev–Trinajstić information content (AvgIpc) is 3.37. The third kappa shape index (κ3) is 2.58. The molecule has 7 rings (SSSR count). The van der Waals surface area contributed by atoms with Crippen LogP contribution < -0.4 is 4.57 Å². The third-order valence-electron chi connectivity index (χ3n) is 6.79. The van der Waals surface area contributed by atoms with Crippen molar-refractivity contribution in [2.45, 2.75) is 6.54 Å². The molecule has 0 N–H and O–H groups in total. The fourth-order valence-electron chi connectivity index (χ4n) is 5.21. The maximum absolute atomic E-state index is 11.8. The molecule has 5 aromatic carbocycles. The molecule has 0 aliphatic carbocycles. The van der Waals surface area contributed by atoms with Gasteiger partial charge in [-0.25, -0.2) is 9.36 Å². The minimum absolute atomic E-state index is 0.326. The van der Waals surface area contributed by atoms with Crippen LogP contribution in [0.1, 0.15) is 15.9 Å². The SMILES string of the molecule is COC(=O)c1ccc(C[n+]2c3ccccc3n3nc4c(cc32)c2cccc3cccc4c32)cc1. The third-order valence-corrected chi connectivity index (χ3v) is 6.79. The molecule has 0 radical (unpaired) electrons. The van der Waals surface area contributed by atoms with Crippen molar-refractivity contribution < 1.29 is 14.1 Å². The van der Waals surface area contributed by atoms with Gasteiger partial charge in [0.2, 0.25) is 5.52 Å². The van der Waals surface area contributed by atoms with Gasteiger partial charge in [0.05, 0.1) is 12.7 Å². The zero-order valence-electron chi connectivity index (χ0n) is 18.5. The maximum Gasteiger partial charge on any atom is 0.337 e. The summed E-state index contributed by atoms with van der Waals surface area (Å²) in [5.41, 5.74) is 5.88. The van der Waals surface area contributed by atoms with E-state index in [1.807, 2.05) is 24.3 Å². The summed E-state index contributed by atoms with van der Waals surface area (Å²) in [5, 5.41) is 11.3. The fraction of sp³-hybridized carbons (Fsp3) is 0.0690. The molecule has 0 aliphatic heterocycles. The molecule has 0 amide bonds. The molecule has 2 aromatic heterocycles. The molecule has 0 unspecified atom stereocenters. The number of imidazole rings is 1. The fourth-order valence-corrected chi connectivity index (χ4v) is 5.21. The van der Waals surface area contributed by atoms with Crippen LogP contribution in [0, 0.1) is 0 Å². The van der Waals surface area contributed by atoms with Gasteiger partial charge in [-0.15, -0.1) is 0 Å². The maximum atomic E-state index is 11.8. The number of nitrogens with zero attached hydrogens (tertiary/aromatic N) is 3. The molecule has 34 heavy (non-hydrogen) atoms. The summed E-state index contributed by atoms with van der Waals surface area (Å²) >= 11 is 0. The number of carbonyl (C=O) groups is 1. The first kappa shape index (κ1) is 19.0.